The molecule has 8 nitrogen and oxygen atoms in total. The number of carbonyl (C=O) groups is 3. The Morgan fingerprint density at radius 1 is 0.917 bits per heavy atom. The fourth-order valence-corrected chi connectivity index (χ4v) is 4.29. The SMILES string of the molecule is COc1ccc(CNC(=O)C(C)C(=O)NC2C(=O)N(C)c3ccccc3-c3ccccc32)cc1OC. The van der Waals surface area contributed by atoms with Crippen LogP contribution in [0, 0.1) is 5.92 Å². The molecule has 2 atom stereocenters. The summed E-state index contributed by atoms with van der Waals surface area (Å²) in [4.78, 5) is 40.9. The van der Waals surface area contributed by atoms with Crippen LogP contribution in [0.4, 0.5) is 5.69 Å². The van der Waals surface area contributed by atoms with E-state index in [4.69, 9.17) is 9.47 Å². The molecular weight excluding hydrogens is 458 g/mol. The Kier molecular flexibility index (Phi) is 7.24. The van der Waals surface area contributed by atoms with Crippen LogP contribution >= 0.6 is 0 Å². The van der Waals surface area contributed by atoms with Crippen LogP contribution < -0.4 is 25.0 Å². The minimum Gasteiger partial charge on any atom is -0.493 e. The normalized spacial score (nSPS) is 15.2. The molecule has 1 aliphatic heterocycles. The highest BCUT2D eigenvalue weighted by molar-refractivity contribution is 6.07. The zero-order chi connectivity index (χ0) is 25.8. The molecule has 1 heterocycles. The molecule has 0 fully saturated rings. The van der Waals surface area contributed by atoms with Crippen LogP contribution in [0.15, 0.2) is 66.7 Å². The van der Waals surface area contributed by atoms with Gasteiger partial charge in [0.05, 0.1) is 19.9 Å². The maximum absolute atomic E-state index is 13.4. The van der Waals surface area contributed by atoms with Crippen LogP contribution in [-0.2, 0) is 20.9 Å². The summed E-state index contributed by atoms with van der Waals surface area (Å²) in [5, 5.41) is 5.59. The third-order valence-corrected chi connectivity index (χ3v) is 6.39. The minimum atomic E-state index is -1.01. The van der Waals surface area contributed by atoms with Crippen molar-refractivity contribution in [2.75, 3.05) is 26.2 Å². The van der Waals surface area contributed by atoms with Gasteiger partial charge in [-0.3, -0.25) is 14.4 Å². The van der Waals surface area contributed by atoms with Gasteiger partial charge in [-0.15, -0.1) is 0 Å². The summed E-state index contributed by atoms with van der Waals surface area (Å²) in [6, 6.07) is 19.5. The second-order valence-electron chi connectivity index (χ2n) is 8.57. The minimum absolute atomic E-state index is 0.208. The van der Waals surface area contributed by atoms with E-state index >= 15 is 0 Å². The first-order chi connectivity index (χ1) is 17.3. The molecule has 3 amide bonds. The molecule has 4 rings (SSSR count). The Bertz CT molecular complexity index is 1310. The van der Waals surface area contributed by atoms with E-state index < -0.39 is 23.8 Å². The highest BCUT2D eigenvalue weighted by Gasteiger charge is 2.35. The highest BCUT2D eigenvalue weighted by Crippen LogP contribution is 2.39. The fourth-order valence-electron chi connectivity index (χ4n) is 4.29. The zero-order valence-corrected chi connectivity index (χ0v) is 20.7. The van der Waals surface area contributed by atoms with Gasteiger partial charge in [-0.05, 0) is 41.8 Å². The van der Waals surface area contributed by atoms with E-state index in [0.29, 0.717) is 17.1 Å². The number of nitrogens with one attached hydrogen (secondary N) is 2. The van der Waals surface area contributed by atoms with Crippen LogP contribution in [0.25, 0.3) is 11.1 Å². The molecule has 0 spiro atoms. The lowest BCUT2D eigenvalue weighted by molar-refractivity contribution is -0.136. The first-order valence-corrected chi connectivity index (χ1v) is 11.6. The number of para-hydroxylation sites is 1. The molecule has 0 radical (unpaired) electrons. The predicted molar refractivity (Wildman–Crippen MR) is 137 cm³/mol. The van der Waals surface area contributed by atoms with Crippen molar-refractivity contribution in [3.05, 3.63) is 77.9 Å². The lowest BCUT2D eigenvalue weighted by Gasteiger charge is -2.24. The quantitative estimate of drug-likeness (QED) is 0.498. The summed E-state index contributed by atoms with van der Waals surface area (Å²) < 4.78 is 10.5. The monoisotopic (exact) mass is 487 g/mol. The largest absolute Gasteiger partial charge is 0.493 e. The third-order valence-electron chi connectivity index (χ3n) is 6.39. The first kappa shape index (κ1) is 24.8. The smallest absolute Gasteiger partial charge is 0.253 e. The molecule has 2 unspecified atom stereocenters. The van der Waals surface area contributed by atoms with Crippen molar-refractivity contribution in [3.63, 3.8) is 0 Å². The topological polar surface area (TPSA) is 97.0 Å². The van der Waals surface area contributed by atoms with Gasteiger partial charge in [0, 0.05) is 19.2 Å². The Morgan fingerprint density at radius 2 is 1.58 bits per heavy atom. The second-order valence-corrected chi connectivity index (χ2v) is 8.57. The van der Waals surface area contributed by atoms with E-state index in [0.717, 1.165) is 22.4 Å². The van der Waals surface area contributed by atoms with Crippen molar-refractivity contribution >= 4 is 23.4 Å². The summed E-state index contributed by atoms with van der Waals surface area (Å²) in [6.07, 6.45) is 0. The van der Waals surface area contributed by atoms with E-state index in [1.54, 1.807) is 37.3 Å². The van der Waals surface area contributed by atoms with Crippen molar-refractivity contribution in [2.24, 2.45) is 5.92 Å². The summed E-state index contributed by atoms with van der Waals surface area (Å²) in [7, 11) is 4.77. The highest BCUT2D eigenvalue weighted by atomic mass is 16.5. The van der Waals surface area contributed by atoms with E-state index in [-0.39, 0.29) is 12.5 Å². The molecule has 0 saturated carbocycles. The number of rotatable bonds is 7. The standard InChI is InChI=1S/C28H29N3O5/c1-17(26(32)29-16-18-13-14-23(35-3)24(15-18)36-4)27(33)30-25-21-11-6-5-9-19(21)20-10-7-8-12-22(20)31(2)28(25)34/h5-15,17,25H,16H2,1-4H3,(H,29,32)(H,30,33). The van der Waals surface area contributed by atoms with Crippen molar-refractivity contribution in [1.82, 2.24) is 10.6 Å². The van der Waals surface area contributed by atoms with Crippen molar-refractivity contribution in [2.45, 2.75) is 19.5 Å². The summed E-state index contributed by atoms with van der Waals surface area (Å²) >= 11 is 0. The molecule has 1 aliphatic rings. The number of carbonyl (C=O) groups excluding carboxylic acids is 3. The maximum atomic E-state index is 13.4. The average Bonchev–Trinajstić information content (AvgIpc) is 3.00. The number of anilines is 1. The van der Waals surface area contributed by atoms with Crippen LogP contribution in [0.5, 0.6) is 11.5 Å². The van der Waals surface area contributed by atoms with Gasteiger partial charge in [-0.25, -0.2) is 0 Å². The van der Waals surface area contributed by atoms with Gasteiger partial charge in [0.1, 0.15) is 12.0 Å². The van der Waals surface area contributed by atoms with Gasteiger partial charge in [-0.1, -0.05) is 48.5 Å². The number of hydrogen-bond acceptors (Lipinski definition) is 5. The molecule has 0 saturated heterocycles. The average molecular weight is 488 g/mol. The van der Waals surface area contributed by atoms with E-state index in [1.807, 2.05) is 48.5 Å². The number of amides is 3. The number of benzene rings is 3. The Morgan fingerprint density at radius 3 is 2.31 bits per heavy atom. The molecule has 0 aliphatic carbocycles. The van der Waals surface area contributed by atoms with Gasteiger partial charge >= 0.3 is 0 Å². The second kappa shape index (κ2) is 10.5. The molecule has 0 bridgehead atoms. The van der Waals surface area contributed by atoms with Crippen LogP contribution in [0.3, 0.4) is 0 Å². The van der Waals surface area contributed by atoms with Crippen molar-refractivity contribution in [1.29, 1.82) is 0 Å². The van der Waals surface area contributed by atoms with Gasteiger partial charge in [-0.2, -0.15) is 0 Å². The molecule has 36 heavy (non-hydrogen) atoms. The molecule has 186 valence electrons. The van der Waals surface area contributed by atoms with Crippen LogP contribution in [0.1, 0.15) is 24.1 Å². The number of likely N-dealkylation sites (N-methyl/N-ethyl adjacent to an activating group) is 1. The van der Waals surface area contributed by atoms with Crippen molar-refractivity contribution < 1.29 is 23.9 Å². The first-order valence-electron chi connectivity index (χ1n) is 11.6. The van der Waals surface area contributed by atoms with Gasteiger partial charge < -0.3 is 25.0 Å². The summed E-state index contributed by atoms with van der Waals surface area (Å²) in [5.41, 5.74) is 4.00. The fraction of sp³-hybridized carbons (Fsp3) is 0.250. The summed E-state index contributed by atoms with van der Waals surface area (Å²) in [5.74, 6) is -1.15. The Balaban J connectivity index is 1.49. The van der Waals surface area contributed by atoms with Crippen LogP contribution in [0.2, 0.25) is 0 Å². The number of methoxy groups -OCH3 is 2. The molecule has 0 aromatic heterocycles. The third kappa shape index (κ3) is 4.75. The Hall–Kier alpha value is -4.33. The van der Waals surface area contributed by atoms with Gasteiger partial charge in [0.2, 0.25) is 11.8 Å². The zero-order valence-electron chi connectivity index (χ0n) is 20.7. The molecule has 3 aromatic rings. The van der Waals surface area contributed by atoms with E-state index in [9.17, 15) is 14.4 Å². The molecule has 3 aromatic carbocycles. The number of fused-ring (bicyclic) bond motifs is 3. The number of nitrogens with zero attached hydrogens (tertiary/aromatic N) is 1. The van der Waals surface area contributed by atoms with E-state index in [1.165, 1.54) is 14.0 Å². The molecule has 8 heteroatoms. The molecule has 2 N–H and O–H groups in total. The molecular formula is C28H29N3O5. The van der Waals surface area contributed by atoms with Crippen LogP contribution in [-0.4, -0.2) is 39.0 Å². The number of ether oxygens (including phenoxy) is 2. The predicted octanol–water partition coefficient (Wildman–Crippen LogP) is 3.46. The van der Waals surface area contributed by atoms with E-state index in [2.05, 4.69) is 10.6 Å². The maximum Gasteiger partial charge on any atom is 0.253 e. The lowest BCUT2D eigenvalue weighted by atomic mass is 9.95. The van der Waals surface area contributed by atoms with Crippen molar-refractivity contribution in [3.8, 4) is 22.6 Å². The van der Waals surface area contributed by atoms with Gasteiger partial charge in [0.15, 0.2) is 11.5 Å². The lowest BCUT2D eigenvalue weighted by Crippen LogP contribution is -2.45. The summed E-state index contributed by atoms with van der Waals surface area (Å²) in [6.45, 7) is 1.73. The van der Waals surface area contributed by atoms with Gasteiger partial charge in [0.25, 0.3) is 5.91 Å². The Labute approximate surface area is 210 Å². The number of hydrogen-bond donors (Lipinski definition) is 2.